The molecule has 3 nitrogen and oxygen atoms in total. The van der Waals surface area contributed by atoms with Gasteiger partial charge in [-0.1, -0.05) is 79.7 Å². The van der Waals surface area contributed by atoms with E-state index in [1.54, 1.807) is 0 Å². The normalized spacial score (nSPS) is 25.8. The Morgan fingerprint density at radius 2 is 1.62 bits per heavy atom. The van der Waals surface area contributed by atoms with Crippen molar-refractivity contribution in [1.82, 2.24) is 5.32 Å². The highest BCUT2D eigenvalue weighted by Gasteiger charge is 2.71. The van der Waals surface area contributed by atoms with Gasteiger partial charge in [0.05, 0.1) is 0 Å². The summed E-state index contributed by atoms with van der Waals surface area (Å²) in [5.41, 5.74) is 5.28. The van der Waals surface area contributed by atoms with Crippen LogP contribution in [0.25, 0.3) is 11.1 Å². The van der Waals surface area contributed by atoms with Gasteiger partial charge >= 0.3 is 0 Å². The molecule has 0 aliphatic carbocycles. The minimum absolute atomic E-state index is 0.123. The summed E-state index contributed by atoms with van der Waals surface area (Å²) in [6.45, 7) is 4.26. The molecular formula is C25H25N2OSi. The van der Waals surface area contributed by atoms with E-state index < -0.39 is 8.80 Å². The van der Waals surface area contributed by atoms with Crippen molar-refractivity contribution in [2.45, 2.75) is 23.4 Å². The zero-order chi connectivity index (χ0) is 19.8. The molecule has 0 saturated carbocycles. The van der Waals surface area contributed by atoms with Crippen LogP contribution in [0.1, 0.15) is 18.4 Å². The molecule has 2 fully saturated rings. The Balaban J connectivity index is 1.36. The van der Waals surface area contributed by atoms with Crippen LogP contribution in [-0.4, -0.2) is 27.4 Å². The third-order valence-corrected chi connectivity index (χ3v) is 10.3. The summed E-state index contributed by atoms with van der Waals surface area (Å²) >= 11 is 0. The van der Waals surface area contributed by atoms with Gasteiger partial charge in [-0.2, -0.15) is 0 Å². The lowest BCUT2D eigenvalue weighted by atomic mass is 9.83. The number of hydrogen-bond acceptors (Lipinski definition) is 2. The van der Waals surface area contributed by atoms with Gasteiger partial charge in [0.15, 0.2) is 14.3 Å². The van der Waals surface area contributed by atoms with Gasteiger partial charge in [-0.15, -0.1) is 0 Å². The molecular weight excluding hydrogens is 372 g/mol. The first-order chi connectivity index (χ1) is 14.2. The molecule has 3 aromatic rings. The maximum atomic E-state index is 13.3. The summed E-state index contributed by atoms with van der Waals surface area (Å²) in [6.07, 6.45) is 0. The minimum atomic E-state index is -1.16. The lowest BCUT2D eigenvalue weighted by molar-refractivity contribution is 0.268. The Bertz CT molecular complexity index is 1020. The topological polar surface area (TPSA) is 41.1 Å². The first kappa shape index (κ1) is 18.3. The van der Waals surface area contributed by atoms with Gasteiger partial charge in [0.2, 0.25) is 0 Å². The van der Waals surface area contributed by atoms with E-state index in [0.717, 1.165) is 29.9 Å². The smallest absolute Gasteiger partial charge is 0.195 e. The predicted molar refractivity (Wildman–Crippen MR) is 121 cm³/mol. The van der Waals surface area contributed by atoms with Crippen molar-refractivity contribution >= 4 is 20.0 Å². The fraction of sp³-hybridized carbons (Fsp3) is 0.240. The maximum Gasteiger partial charge on any atom is 0.195 e. The van der Waals surface area contributed by atoms with Gasteiger partial charge in [0.1, 0.15) is 0 Å². The molecule has 2 aliphatic rings. The van der Waals surface area contributed by atoms with E-state index >= 15 is 0 Å². The molecule has 2 unspecified atom stereocenters. The molecule has 0 aromatic heterocycles. The van der Waals surface area contributed by atoms with Crippen LogP contribution in [0, 0.1) is 0 Å². The maximum absolute atomic E-state index is 13.3. The number of piperidine rings is 1. The average Bonchev–Trinajstić information content (AvgIpc) is 3.40. The van der Waals surface area contributed by atoms with Crippen LogP contribution in [0.5, 0.6) is 0 Å². The standard InChI is InChI=1S/C25H25N2OSi/c1-25-22(19-11-6-3-7-12-19)16-26-17-23(25)29(25)24(28)27-21-14-8-13-20(15-21)18-9-4-2-5-10-18/h2-15,22-23,26H,16-17H2,1H3,(H,27,28)/t22-,23?,25?/m0/s1. The summed E-state index contributed by atoms with van der Waals surface area (Å²) < 4.78 is 0. The second-order valence-electron chi connectivity index (χ2n) is 8.27. The van der Waals surface area contributed by atoms with Crippen molar-refractivity contribution in [2.75, 3.05) is 18.4 Å². The molecule has 2 N–H and O–H groups in total. The number of amides is 1. The Hall–Kier alpha value is -2.69. The highest BCUT2D eigenvalue weighted by atomic mass is 28.3. The Morgan fingerprint density at radius 3 is 2.38 bits per heavy atom. The molecule has 2 heterocycles. The van der Waals surface area contributed by atoms with Gasteiger partial charge < -0.3 is 10.6 Å². The van der Waals surface area contributed by atoms with Crippen molar-refractivity contribution in [3.05, 3.63) is 90.5 Å². The fourth-order valence-electron chi connectivity index (χ4n) is 5.02. The molecule has 2 saturated heterocycles. The van der Waals surface area contributed by atoms with Crippen molar-refractivity contribution < 1.29 is 4.79 Å². The van der Waals surface area contributed by atoms with Gasteiger partial charge in [0, 0.05) is 12.2 Å². The number of benzene rings is 3. The van der Waals surface area contributed by atoms with Gasteiger partial charge in [-0.3, -0.25) is 4.79 Å². The zero-order valence-electron chi connectivity index (χ0n) is 16.6. The quantitative estimate of drug-likeness (QED) is 0.571. The van der Waals surface area contributed by atoms with Crippen LogP contribution in [0.2, 0.25) is 10.6 Å². The summed E-state index contributed by atoms with van der Waals surface area (Å²) in [7, 11) is -1.16. The molecule has 145 valence electrons. The minimum Gasteiger partial charge on any atom is -0.331 e. The number of rotatable bonds is 4. The highest BCUT2D eigenvalue weighted by molar-refractivity contribution is 7.03. The summed E-state index contributed by atoms with van der Waals surface area (Å²) in [5, 5.41) is 6.94. The van der Waals surface area contributed by atoms with Crippen LogP contribution < -0.4 is 10.6 Å². The molecule has 5 rings (SSSR count). The van der Waals surface area contributed by atoms with E-state index in [4.69, 9.17) is 0 Å². The SMILES string of the molecule is CC12C(CNC[C@H]1c1ccccc1)[Si]2C(=O)Nc1cccc(-c2ccccc2)c1. The zero-order valence-corrected chi connectivity index (χ0v) is 17.6. The molecule has 3 aromatic carbocycles. The van der Waals surface area contributed by atoms with E-state index in [1.165, 1.54) is 5.56 Å². The molecule has 0 bridgehead atoms. The van der Waals surface area contributed by atoms with E-state index in [2.05, 4.69) is 72.2 Å². The Labute approximate surface area is 173 Å². The first-order valence-corrected chi connectivity index (χ1v) is 11.9. The first-order valence-electron chi connectivity index (χ1n) is 10.3. The van der Waals surface area contributed by atoms with E-state index in [-0.39, 0.29) is 10.6 Å². The molecule has 1 radical (unpaired) electrons. The second-order valence-corrected chi connectivity index (χ2v) is 11.3. The van der Waals surface area contributed by atoms with Crippen molar-refractivity contribution in [3.63, 3.8) is 0 Å². The number of nitrogens with one attached hydrogen (secondary N) is 2. The number of hydrogen-bond donors (Lipinski definition) is 2. The average molecular weight is 398 g/mol. The number of carbonyl (C=O) groups is 1. The number of carbonyl (C=O) groups excluding carboxylic acids is 1. The van der Waals surface area contributed by atoms with Crippen LogP contribution >= 0.6 is 0 Å². The van der Waals surface area contributed by atoms with Crippen molar-refractivity contribution in [3.8, 4) is 11.1 Å². The van der Waals surface area contributed by atoms with Crippen molar-refractivity contribution in [1.29, 1.82) is 0 Å². The molecule has 29 heavy (non-hydrogen) atoms. The summed E-state index contributed by atoms with van der Waals surface area (Å²) in [5.74, 6) is 0.415. The van der Waals surface area contributed by atoms with E-state index in [1.807, 2.05) is 30.3 Å². The van der Waals surface area contributed by atoms with Gasteiger partial charge in [0.25, 0.3) is 0 Å². The molecule has 1 amide bonds. The van der Waals surface area contributed by atoms with Crippen LogP contribution in [-0.2, 0) is 0 Å². The molecule has 0 spiro atoms. The van der Waals surface area contributed by atoms with Crippen LogP contribution in [0.15, 0.2) is 84.9 Å². The summed E-state index contributed by atoms with van der Waals surface area (Å²) in [6, 6.07) is 29.2. The highest BCUT2D eigenvalue weighted by Crippen LogP contribution is 2.71. The summed E-state index contributed by atoms with van der Waals surface area (Å²) in [4.78, 5) is 13.3. The Kier molecular flexibility index (Phi) is 4.61. The lowest BCUT2D eigenvalue weighted by Crippen LogP contribution is -2.31. The molecule has 3 atom stereocenters. The fourth-order valence-corrected chi connectivity index (χ4v) is 8.69. The van der Waals surface area contributed by atoms with Crippen LogP contribution in [0.3, 0.4) is 0 Å². The molecule has 2 aliphatic heterocycles. The van der Waals surface area contributed by atoms with Crippen LogP contribution in [0.4, 0.5) is 10.5 Å². The van der Waals surface area contributed by atoms with Gasteiger partial charge in [-0.25, -0.2) is 0 Å². The van der Waals surface area contributed by atoms with Crippen molar-refractivity contribution in [2.24, 2.45) is 0 Å². The number of fused-ring (bicyclic) bond motifs is 1. The number of anilines is 1. The van der Waals surface area contributed by atoms with Gasteiger partial charge in [-0.05, 0) is 51.9 Å². The third-order valence-electron chi connectivity index (χ3n) is 6.66. The monoisotopic (exact) mass is 397 g/mol. The largest absolute Gasteiger partial charge is 0.331 e. The predicted octanol–water partition coefficient (Wildman–Crippen LogP) is 5.49. The van der Waals surface area contributed by atoms with E-state index in [9.17, 15) is 4.79 Å². The van der Waals surface area contributed by atoms with E-state index in [0.29, 0.717) is 11.5 Å². The molecule has 4 heteroatoms. The lowest BCUT2D eigenvalue weighted by Gasteiger charge is -2.30. The second kappa shape index (κ2) is 7.28. The third kappa shape index (κ3) is 3.22. The Morgan fingerprint density at radius 1 is 0.931 bits per heavy atom.